The number of nitrogens with one attached hydrogen (secondary N) is 1. The molecule has 2 aromatic rings. The predicted molar refractivity (Wildman–Crippen MR) is 57.3 cm³/mol. The molecule has 1 nitrogen and oxygen atoms in total. The molecule has 0 aliphatic carbocycles. The highest BCUT2D eigenvalue weighted by Crippen LogP contribution is 2.32. The van der Waals surface area contributed by atoms with Crippen molar-refractivity contribution in [2.75, 3.05) is 0 Å². The standard InChI is InChI=1S/C12H12F3N/c1-2-3-8-7-16-11-5-4-9(6-10(8)11)12(13,14)15/h4-7,16H,2-3H2,1H3. The van der Waals surface area contributed by atoms with Gasteiger partial charge < -0.3 is 4.98 Å². The molecule has 0 radical (unpaired) electrons. The molecule has 0 saturated carbocycles. The van der Waals surface area contributed by atoms with Crippen LogP contribution in [0.15, 0.2) is 24.4 Å². The van der Waals surface area contributed by atoms with E-state index in [-0.39, 0.29) is 0 Å². The minimum absolute atomic E-state index is 0.586. The van der Waals surface area contributed by atoms with Gasteiger partial charge in [-0.1, -0.05) is 13.3 Å². The van der Waals surface area contributed by atoms with Gasteiger partial charge >= 0.3 is 6.18 Å². The fraction of sp³-hybridized carbons (Fsp3) is 0.333. The fourth-order valence-corrected chi connectivity index (χ4v) is 1.83. The highest BCUT2D eigenvalue weighted by molar-refractivity contribution is 5.84. The summed E-state index contributed by atoms with van der Waals surface area (Å²) in [5.74, 6) is 0. The zero-order valence-corrected chi connectivity index (χ0v) is 8.86. The Balaban J connectivity index is 2.54. The largest absolute Gasteiger partial charge is 0.416 e. The zero-order chi connectivity index (χ0) is 11.8. The van der Waals surface area contributed by atoms with Crippen molar-refractivity contribution in [3.8, 4) is 0 Å². The van der Waals surface area contributed by atoms with Crippen molar-refractivity contribution in [2.45, 2.75) is 25.9 Å². The molecule has 86 valence electrons. The normalized spacial score (nSPS) is 12.2. The number of aromatic nitrogens is 1. The molecule has 0 amide bonds. The lowest BCUT2D eigenvalue weighted by Gasteiger charge is -2.06. The maximum absolute atomic E-state index is 12.5. The molecule has 0 fully saturated rings. The second-order valence-electron chi connectivity index (χ2n) is 3.82. The van der Waals surface area contributed by atoms with Crippen molar-refractivity contribution >= 4 is 10.9 Å². The van der Waals surface area contributed by atoms with Gasteiger partial charge in [-0.15, -0.1) is 0 Å². The Labute approximate surface area is 91.3 Å². The van der Waals surface area contributed by atoms with Gasteiger partial charge in [0.25, 0.3) is 0 Å². The van der Waals surface area contributed by atoms with Gasteiger partial charge in [-0.05, 0) is 30.2 Å². The summed E-state index contributed by atoms with van der Waals surface area (Å²) >= 11 is 0. The number of aryl methyl sites for hydroxylation is 1. The third-order valence-corrected chi connectivity index (χ3v) is 2.61. The van der Waals surface area contributed by atoms with Crippen LogP contribution < -0.4 is 0 Å². The van der Waals surface area contributed by atoms with Crippen LogP contribution in [0, 0.1) is 0 Å². The number of alkyl halides is 3. The Morgan fingerprint density at radius 1 is 1.25 bits per heavy atom. The van der Waals surface area contributed by atoms with E-state index in [4.69, 9.17) is 0 Å². The Morgan fingerprint density at radius 3 is 2.62 bits per heavy atom. The van der Waals surface area contributed by atoms with Crippen LogP contribution in [-0.2, 0) is 12.6 Å². The van der Waals surface area contributed by atoms with Crippen LogP contribution in [0.3, 0.4) is 0 Å². The lowest BCUT2D eigenvalue weighted by molar-refractivity contribution is -0.137. The summed E-state index contributed by atoms with van der Waals surface area (Å²) in [6.07, 6.45) is -0.770. The first-order chi connectivity index (χ1) is 7.52. The Hall–Kier alpha value is -1.45. The van der Waals surface area contributed by atoms with Gasteiger partial charge in [0.1, 0.15) is 0 Å². The molecule has 16 heavy (non-hydrogen) atoms. The van der Waals surface area contributed by atoms with Gasteiger partial charge in [-0.25, -0.2) is 0 Å². The van der Waals surface area contributed by atoms with Gasteiger partial charge in [0, 0.05) is 17.1 Å². The van der Waals surface area contributed by atoms with Crippen molar-refractivity contribution < 1.29 is 13.2 Å². The molecular formula is C12H12F3N. The second-order valence-corrected chi connectivity index (χ2v) is 3.82. The first kappa shape index (κ1) is 11.0. The molecule has 0 aliphatic rings. The van der Waals surface area contributed by atoms with E-state index in [1.165, 1.54) is 12.1 Å². The number of hydrogen-bond donors (Lipinski definition) is 1. The number of aromatic amines is 1. The number of halogens is 3. The van der Waals surface area contributed by atoms with Gasteiger partial charge in [-0.2, -0.15) is 13.2 Å². The summed E-state index contributed by atoms with van der Waals surface area (Å²) < 4.78 is 37.6. The highest BCUT2D eigenvalue weighted by atomic mass is 19.4. The maximum Gasteiger partial charge on any atom is 0.416 e. The molecule has 0 saturated heterocycles. The average Bonchev–Trinajstić information content (AvgIpc) is 2.60. The molecule has 1 N–H and O–H groups in total. The summed E-state index contributed by atoms with van der Waals surface area (Å²) in [5, 5.41) is 0.677. The summed E-state index contributed by atoms with van der Waals surface area (Å²) in [5.41, 5.74) is 1.12. The number of rotatable bonds is 2. The van der Waals surface area contributed by atoms with Crippen molar-refractivity contribution in [2.24, 2.45) is 0 Å². The fourth-order valence-electron chi connectivity index (χ4n) is 1.83. The van der Waals surface area contributed by atoms with E-state index >= 15 is 0 Å². The van der Waals surface area contributed by atoms with Crippen LogP contribution in [0.2, 0.25) is 0 Å². The van der Waals surface area contributed by atoms with Gasteiger partial charge in [0.2, 0.25) is 0 Å². The molecule has 2 rings (SSSR count). The zero-order valence-electron chi connectivity index (χ0n) is 8.86. The van der Waals surface area contributed by atoms with Gasteiger partial charge in [0.15, 0.2) is 0 Å². The molecule has 1 aromatic heterocycles. The van der Waals surface area contributed by atoms with Crippen molar-refractivity contribution in [3.05, 3.63) is 35.5 Å². The lowest BCUT2D eigenvalue weighted by atomic mass is 10.1. The van der Waals surface area contributed by atoms with Crippen LogP contribution in [0.5, 0.6) is 0 Å². The van der Waals surface area contributed by atoms with E-state index in [1.807, 2.05) is 6.92 Å². The van der Waals surface area contributed by atoms with Crippen molar-refractivity contribution in [3.63, 3.8) is 0 Å². The first-order valence-corrected chi connectivity index (χ1v) is 5.19. The predicted octanol–water partition coefficient (Wildman–Crippen LogP) is 4.14. The van der Waals surface area contributed by atoms with Crippen LogP contribution in [0.4, 0.5) is 13.2 Å². The van der Waals surface area contributed by atoms with E-state index < -0.39 is 11.7 Å². The van der Waals surface area contributed by atoms with Crippen molar-refractivity contribution in [1.82, 2.24) is 4.98 Å². The number of H-pyrrole nitrogens is 1. The summed E-state index contributed by atoms with van der Waals surface area (Å²) in [6.45, 7) is 2.01. The molecule has 1 aromatic carbocycles. The van der Waals surface area contributed by atoms with Gasteiger partial charge in [0.05, 0.1) is 5.56 Å². The SMILES string of the molecule is CCCc1c[nH]c2ccc(C(F)(F)F)cc12. The average molecular weight is 227 g/mol. The Morgan fingerprint density at radius 2 is 2.00 bits per heavy atom. The van der Waals surface area contributed by atoms with Crippen LogP contribution in [0.1, 0.15) is 24.5 Å². The third kappa shape index (κ3) is 1.92. The Bertz CT molecular complexity index is 496. The van der Waals surface area contributed by atoms with E-state index in [2.05, 4.69) is 4.98 Å². The topological polar surface area (TPSA) is 15.8 Å². The van der Waals surface area contributed by atoms with Gasteiger partial charge in [-0.3, -0.25) is 0 Å². The molecule has 0 aliphatic heterocycles. The minimum Gasteiger partial charge on any atom is -0.361 e. The van der Waals surface area contributed by atoms with Crippen molar-refractivity contribution in [1.29, 1.82) is 0 Å². The highest BCUT2D eigenvalue weighted by Gasteiger charge is 2.30. The monoisotopic (exact) mass is 227 g/mol. The smallest absolute Gasteiger partial charge is 0.361 e. The summed E-state index contributed by atoms with van der Waals surface area (Å²) in [4.78, 5) is 2.98. The van der Waals surface area contributed by atoms with Crippen LogP contribution in [0.25, 0.3) is 10.9 Å². The van der Waals surface area contributed by atoms with Crippen LogP contribution in [-0.4, -0.2) is 4.98 Å². The number of hydrogen-bond acceptors (Lipinski definition) is 0. The first-order valence-electron chi connectivity index (χ1n) is 5.19. The molecule has 4 heteroatoms. The molecular weight excluding hydrogens is 215 g/mol. The molecule has 0 unspecified atom stereocenters. The molecule has 0 spiro atoms. The second kappa shape index (κ2) is 3.85. The molecule has 0 bridgehead atoms. The minimum atomic E-state index is -4.27. The molecule has 0 atom stereocenters. The quantitative estimate of drug-likeness (QED) is 0.793. The maximum atomic E-state index is 12.5. The van der Waals surface area contributed by atoms with E-state index in [0.717, 1.165) is 30.0 Å². The third-order valence-electron chi connectivity index (χ3n) is 2.61. The number of benzene rings is 1. The Kier molecular flexibility index (Phi) is 2.66. The van der Waals surface area contributed by atoms with E-state index in [0.29, 0.717) is 5.39 Å². The van der Waals surface area contributed by atoms with Crippen LogP contribution >= 0.6 is 0 Å². The van der Waals surface area contributed by atoms with E-state index in [9.17, 15) is 13.2 Å². The van der Waals surface area contributed by atoms with E-state index in [1.54, 1.807) is 6.20 Å². The molecule has 1 heterocycles. The summed E-state index contributed by atoms with van der Waals surface area (Å²) in [6, 6.07) is 3.81. The summed E-state index contributed by atoms with van der Waals surface area (Å²) in [7, 11) is 0. The lowest BCUT2D eigenvalue weighted by Crippen LogP contribution is -2.04. The number of fused-ring (bicyclic) bond motifs is 1.